The summed E-state index contributed by atoms with van der Waals surface area (Å²) in [6.07, 6.45) is -0.456. The Kier molecular flexibility index (Phi) is 36.6. The van der Waals surface area contributed by atoms with E-state index in [-0.39, 0.29) is 140 Å². The SMILES string of the molecule is CC(=O)NCCOCCOCCOCCNC(=O)COCC(N)=O.C[C@@H]1CSCC(=O)N[C@@H](CCCCNC(=O)c2ccc3c(c2)C2(OC3=O)c3ccc(O)cc3Oc3cc(O)ccc32)C(=O)N[C@H]2CSSC[C@H](NC(=O)[C@H](Cc3ccccc3)NC(=O)[C@H](CC(=O)O)NC(=O)CNC2=O)C(=O)N[C@@H](CCCN=C(N)N)C(=O)N1. The molecule has 2 fully saturated rings. The van der Waals surface area contributed by atoms with Crippen LogP contribution in [0.1, 0.15) is 95.3 Å². The molecule has 4 heterocycles. The summed E-state index contributed by atoms with van der Waals surface area (Å²) in [5.74, 6) is -11.2. The molecule has 114 heavy (non-hydrogen) atoms. The molecule has 4 aromatic rings. The first kappa shape index (κ1) is 90.2. The number of guanidine groups is 1. The number of esters is 1. The molecule has 1 spiro atoms. The van der Waals surface area contributed by atoms with Gasteiger partial charge in [-0.15, -0.1) is 11.8 Å². The van der Waals surface area contributed by atoms with Gasteiger partial charge in [-0.1, -0.05) is 51.9 Å². The molecule has 0 unspecified atom stereocenters. The predicted octanol–water partition coefficient (Wildman–Crippen LogP) is -2.20. The zero-order valence-corrected chi connectivity index (χ0v) is 65.0. The number of aromatic hydroxyl groups is 2. The van der Waals surface area contributed by atoms with Gasteiger partial charge in [0.15, 0.2) is 11.6 Å². The minimum atomic E-state index is -1.79. The zero-order chi connectivity index (χ0) is 82.7. The van der Waals surface area contributed by atoms with Crippen LogP contribution in [0, 0.1) is 0 Å². The Labute approximate surface area is 667 Å². The molecule has 0 saturated carbocycles. The number of carbonyl (C=O) groups excluding carboxylic acids is 13. The Hall–Kier alpha value is -11.0. The third kappa shape index (κ3) is 29.2. The van der Waals surface area contributed by atoms with Crippen LogP contribution in [-0.2, 0) is 93.2 Å². The number of phenolic OH excluding ortho intramolecular Hbond substituents is 2. The molecule has 12 amide bonds. The molecule has 7 atom stereocenters. The van der Waals surface area contributed by atoms with Crippen molar-refractivity contribution >= 4 is 122 Å². The van der Waals surface area contributed by atoms with Gasteiger partial charge in [0.05, 0.1) is 63.9 Å². The number of nitrogens with zero attached hydrogens (tertiary/aromatic N) is 1. The number of nitrogens with one attached hydrogen (secondary N) is 11. The third-order valence-electron chi connectivity index (χ3n) is 17.1. The van der Waals surface area contributed by atoms with Crippen LogP contribution < -0.4 is 80.4 Å². The van der Waals surface area contributed by atoms with E-state index in [1.807, 2.05) is 0 Å². The van der Waals surface area contributed by atoms with Gasteiger partial charge in [-0.25, -0.2) is 4.79 Å². The van der Waals surface area contributed by atoms with Crippen molar-refractivity contribution in [1.29, 1.82) is 0 Å². The number of primary amides is 1. The van der Waals surface area contributed by atoms with Gasteiger partial charge in [0, 0.05) is 97.2 Å². The van der Waals surface area contributed by atoms with E-state index in [4.69, 9.17) is 45.6 Å². The average Bonchev–Trinajstić information content (AvgIpc) is 1.50. The number of amides is 12. The Balaban J connectivity index is 0.000000645. The number of carbonyl (C=O) groups is 14. The molecule has 2 saturated heterocycles. The van der Waals surface area contributed by atoms with Gasteiger partial charge in [-0.3, -0.25) is 67.3 Å². The third-order valence-corrected chi connectivity index (χ3v) is 20.7. The number of ether oxygens (including phenoxy) is 6. The predicted molar refractivity (Wildman–Crippen MR) is 415 cm³/mol. The number of carboxylic acids is 1. The second kappa shape index (κ2) is 46.3. The Morgan fingerprint density at radius 1 is 0.579 bits per heavy atom. The molecule has 8 rings (SSSR count). The summed E-state index contributed by atoms with van der Waals surface area (Å²) in [5.41, 5.74) is 16.2. The highest BCUT2D eigenvalue weighted by molar-refractivity contribution is 8.76. The number of fused-ring (bicyclic) bond motifs is 11. The van der Waals surface area contributed by atoms with E-state index in [2.05, 4.69) is 63.5 Å². The highest BCUT2D eigenvalue weighted by Crippen LogP contribution is 2.57. The van der Waals surface area contributed by atoms with Crippen molar-refractivity contribution in [3.05, 3.63) is 118 Å². The van der Waals surface area contributed by atoms with Gasteiger partial charge >= 0.3 is 11.9 Å². The summed E-state index contributed by atoms with van der Waals surface area (Å²) in [6.45, 7) is 5.29. The van der Waals surface area contributed by atoms with Crippen LogP contribution in [0.25, 0.3) is 0 Å². The maximum absolute atomic E-state index is 14.5. The number of nitrogens with two attached hydrogens (primary N) is 3. The Bertz CT molecular complexity index is 4050. The number of hydrogen-bond donors (Lipinski definition) is 17. The first-order chi connectivity index (χ1) is 54.6. The number of carboxylic acid groups (broad SMARTS) is 1. The smallest absolute Gasteiger partial charge is 0.340 e. The number of phenols is 2. The van der Waals surface area contributed by atoms with Gasteiger partial charge in [-0.2, -0.15) is 0 Å². The van der Waals surface area contributed by atoms with Crippen LogP contribution in [0.2, 0.25) is 0 Å². The van der Waals surface area contributed by atoms with Gasteiger partial charge in [-0.05, 0) is 87.1 Å². The van der Waals surface area contributed by atoms with Crippen molar-refractivity contribution in [2.45, 2.75) is 107 Å². The van der Waals surface area contributed by atoms with E-state index in [0.29, 0.717) is 75.0 Å². The van der Waals surface area contributed by atoms with E-state index in [1.54, 1.807) is 37.3 Å². The van der Waals surface area contributed by atoms with E-state index in [1.165, 1.54) is 61.5 Å². The lowest BCUT2D eigenvalue weighted by molar-refractivity contribution is -0.141. The van der Waals surface area contributed by atoms with Crippen molar-refractivity contribution in [3.8, 4) is 23.0 Å². The number of aliphatic imine (C=N–C) groups is 1. The molecule has 4 aliphatic heterocycles. The van der Waals surface area contributed by atoms with Crippen molar-refractivity contribution in [2.75, 3.05) is 109 Å². The number of rotatable bonds is 30. The van der Waals surface area contributed by atoms with Crippen LogP contribution >= 0.6 is 33.3 Å². The fraction of sp³-hybridized carbons (Fsp3) is 0.466. The average molecular weight is 1650 g/mol. The number of thioether (sulfide) groups is 1. The fourth-order valence-electron chi connectivity index (χ4n) is 11.7. The summed E-state index contributed by atoms with van der Waals surface area (Å²) in [6, 6.07) is 12.2. The fourth-order valence-corrected chi connectivity index (χ4v) is 14.8. The Morgan fingerprint density at radius 3 is 1.79 bits per heavy atom. The van der Waals surface area contributed by atoms with E-state index in [0.717, 1.165) is 33.3 Å². The van der Waals surface area contributed by atoms with Crippen molar-refractivity contribution in [2.24, 2.45) is 22.2 Å². The first-order valence-electron chi connectivity index (χ1n) is 36.2. The first-order valence-corrected chi connectivity index (χ1v) is 39.9. The van der Waals surface area contributed by atoms with Crippen LogP contribution in [0.3, 0.4) is 0 Å². The van der Waals surface area contributed by atoms with Gasteiger partial charge in [0.1, 0.15) is 72.5 Å². The lowest BCUT2D eigenvalue weighted by Gasteiger charge is -2.36. The summed E-state index contributed by atoms with van der Waals surface area (Å²) in [4.78, 5) is 188. The minimum absolute atomic E-state index is 0.0187. The summed E-state index contributed by atoms with van der Waals surface area (Å²) in [7, 11) is 1.97. The molecule has 4 aromatic carbocycles. The van der Waals surface area contributed by atoms with Gasteiger partial charge in [0.25, 0.3) is 5.91 Å². The molecule has 4 aliphatic rings. The normalized spacial score (nSPS) is 20.0. The van der Waals surface area contributed by atoms with Crippen molar-refractivity contribution in [1.82, 2.24) is 58.5 Å². The highest BCUT2D eigenvalue weighted by atomic mass is 33.1. The standard InChI is InChI=1S/C59H68N12O16S3.C14H27N3O7/c1-30-26-88-29-48(75)66-39(10-5-6-18-62-50(78)32-12-15-35-38(21-32)59(87-57(35)85)36-16-13-33(72)22-45(36)86-46-23-34(73)14-17-37(46)59)53(81)70-43-27-89-90-28-44(56(84)68-40(52(80)65-30)11-7-19-63-58(60)61)71-54(82)41(20-31-8-3-2-4-9-31)69-55(83)42(24-49(76)77)67-47(74)25-64-51(43)79;1-12(18)16-2-4-21-6-8-23-9-7-22-5-3-17-14(20)11-24-10-13(15)19/h2-4,8-9,12-17,21-23,30,39-44,72-73H,5-7,10-11,18-20,24-29H2,1H3,(H,62,78)(H,64,79)(H,65,80)(H,66,75)(H,67,74)(H,68,84)(H,69,83)(H,70,81)(H,71,82)(H,76,77)(H4,60,61,63);2-11H2,1H3,(H2,15,19)(H,16,18)(H,17,20)/t30-,39+,40+,41+,42+,43+,44+;/m1./s1. The Morgan fingerprint density at radius 2 is 1.16 bits per heavy atom. The number of unbranched alkanes of at least 4 members (excludes halogenated alkanes) is 1. The second-order valence-electron chi connectivity index (χ2n) is 26.1. The lowest BCUT2D eigenvalue weighted by Crippen LogP contribution is -2.60. The van der Waals surface area contributed by atoms with Crippen molar-refractivity contribution < 1.29 is 111 Å². The second-order valence-corrected chi connectivity index (χ2v) is 29.7. The van der Waals surface area contributed by atoms with Crippen molar-refractivity contribution in [3.63, 3.8) is 0 Å². The number of aliphatic carboxylic acids is 1. The zero-order valence-electron chi connectivity index (χ0n) is 62.5. The topological polar surface area (TPSA) is 578 Å². The molecule has 618 valence electrons. The van der Waals surface area contributed by atoms with Gasteiger partial charge < -0.3 is 119 Å². The lowest BCUT2D eigenvalue weighted by atomic mass is 9.77. The number of hydrogen-bond acceptors (Lipinski definition) is 26. The molecular formula is C73H95N15O23S3. The molecule has 0 aromatic heterocycles. The molecule has 0 aliphatic carbocycles. The van der Waals surface area contributed by atoms with E-state index >= 15 is 0 Å². The molecule has 38 nitrogen and oxygen atoms in total. The van der Waals surface area contributed by atoms with Crippen LogP contribution in [0.15, 0.2) is 89.9 Å². The quantitative estimate of drug-likeness (QED) is 0.00866. The summed E-state index contributed by atoms with van der Waals surface area (Å²) in [5, 5.41) is 59.4. The van der Waals surface area contributed by atoms with Crippen LogP contribution in [-0.4, -0.2) is 255 Å². The minimum Gasteiger partial charge on any atom is -0.508 e. The monoisotopic (exact) mass is 1650 g/mol. The van der Waals surface area contributed by atoms with E-state index < -0.39 is 132 Å². The van der Waals surface area contributed by atoms with E-state index in [9.17, 15) is 82.4 Å². The largest absolute Gasteiger partial charge is 0.508 e. The highest BCUT2D eigenvalue weighted by Gasteiger charge is 2.54. The maximum Gasteiger partial charge on any atom is 0.340 e. The summed E-state index contributed by atoms with van der Waals surface area (Å²) >= 11 is 1.12. The molecule has 41 heteroatoms. The molecular weight excluding hydrogens is 1550 g/mol. The molecule has 20 N–H and O–H groups in total. The number of benzene rings is 4. The maximum atomic E-state index is 14.5. The summed E-state index contributed by atoms with van der Waals surface area (Å²) < 4.78 is 32.7. The van der Waals surface area contributed by atoms with Gasteiger partial charge in [0.2, 0.25) is 65.0 Å². The molecule has 0 radical (unpaired) electrons. The molecule has 2 bridgehead atoms. The van der Waals surface area contributed by atoms with Crippen LogP contribution in [0.5, 0.6) is 23.0 Å². The van der Waals surface area contributed by atoms with Crippen LogP contribution in [0.4, 0.5) is 0 Å².